The molecule has 0 aromatic heterocycles. The average molecular weight is 326 g/mol. The molecule has 0 radical (unpaired) electrons. The van der Waals surface area contributed by atoms with Gasteiger partial charge in [-0.3, -0.25) is 4.79 Å². The van der Waals surface area contributed by atoms with Crippen LogP contribution in [-0.4, -0.2) is 62.3 Å². The molecule has 2 rings (SSSR count). The number of piperazine rings is 1. The summed E-state index contributed by atoms with van der Waals surface area (Å²) >= 11 is 0. The summed E-state index contributed by atoms with van der Waals surface area (Å²) in [7, 11) is -3.53. The Bertz CT molecular complexity index is 639. The van der Waals surface area contributed by atoms with Gasteiger partial charge in [-0.25, -0.2) is 13.2 Å². The second kappa shape index (κ2) is 6.75. The number of carbonyl (C=O) groups excluding carboxylic acids is 2. The summed E-state index contributed by atoms with van der Waals surface area (Å²) < 4.78 is 26.2. The summed E-state index contributed by atoms with van der Waals surface area (Å²) in [5, 5.41) is 2.23. The lowest BCUT2D eigenvalue weighted by Gasteiger charge is -2.34. The molecule has 1 aliphatic heterocycles. The first-order valence-electron chi connectivity index (χ1n) is 6.77. The molecule has 0 bridgehead atoms. The maximum absolute atomic E-state index is 12.4. The number of urea groups is 1. The summed E-state index contributed by atoms with van der Waals surface area (Å²) in [6, 6.07) is 7.41. The van der Waals surface area contributed by atoms with Crippen molar-refractivity contribution in [1.82, 2.24) is 14.5 Å². The van der Waals surface area contributed by atoms with Crippen LogP contribution in [0.5, 0.6) is 0 Å². The number of nitrogens with zero attached hydrogens (tertiary/aromatic N) is 2. The summed E-state index contributed by atoms with van der Waals surface area (Å²) in [6.07, 6.45) is 0. The highest BCUT2D eigenvalue weighted by Gasteiger charge is 2.29. The molecule has 0 unspecified atom stereocenters. The van der Waals surface area contributed by atoms with E-state index in [9.17, 15) is 18.0 Å². The van der Waals surface area contributed by atoms with E-state index in [0.717, 1.165) is 0 Å². The minimum atomic E-state index is -3.53. The minimum absolute atomic E-state index is 0.180. The van der Waals surface area contributed by atoms with Crippen molar-refractivity contribution in [2.24, 2.45) is 5.73 Å². The van der Waals surface area contributed by atoms with Gasteiger partial charge in [0, 0.05) is 26.2 Å². The van der Waals surface area contributed by atoms with Crippen molar-refractivity contribution in [3.63, 3.8) is 0 Å². The molecule has 22 heavy (non-hydrogen) atoms. The molecule has 3 amide bonds. The molecule has 1 aromatic rings. The van der Waals surface area contributed by atoms with E-state index < -0.39 is 16.1 Å². The maximum atomic E-state index is 12.4. The fourth-order valence-corrected chi connectivity index (χ4v) is 3.64. The van der Waals surface area contributed by atoms with Crippen LogP contribution in [0.3, 0.4) is 0 Å². The van der Waals surface area contributed by atoms with Crippen molar-refractivity contribution in [2.75, 3.05) is 32.7 Å². The number of amides is 3. The average Bonchev–Trinajstić information content (AvgIpc) is 2.53. The molecule has 1 heterocycles. The molecule has 120 valence electrons. The molecule has 1 fully saturated rings. The lowest BCUT2D eigenvalue weighted by molar-refractivity contribution is -0.131. The normalized spacial score (nSPS) is 16.3. The zero-order valence-corrected chi connectivity index (χ0v) is 12.8. The first kappa shape index (κ1) is 16.2. The van der Waals surface area contributed by atoms with Crippen LogP contribution < -0.4 is 11.1 Å². The third kappa shape index (κ3) is 3.74. The van der Waals surface area contributed by atoms with Crippen LogP contribution in [0.25, 0.3) is 0 Å². The summed E-state index contributed by atoms with van der Waals surface area (Å²) in [6.45, 7) is 0.830. The number of sulfonamides is 1. The third-order valence-corrected chi connectivity index (χ3v) is 5.30. The second-order valence-electron chi connectivity index (χ2n) is 4.82. The second-order valence-corrected chi connectivity index (χ2v) is 6.75. The van der Waals surface area contributed by atoms with E-state index in [1.54, 1.807) is 30.3 Å². The molecule has 0 spiro atoms. The summed E-state index contributed by atoms with van der Waals surface area (Å²) in [4.78, 5) is 24.1. The van der Waals surface area contributed by atoms with Gasteiger partial charge in [-0.1, -0.05) is 18.2 Å². The van der Waals surface area contributed by atoms with Crippen molar-refractivity contribution in [2.45, 2.75) is 4.90 Å². The maximum Gasteiger partial charge on any atom is 0.312 e. The Hall–Kier alpha value is -2.13. The van der Waals surface area contributed by atoms with E-state index >= 15 is 0 Å². The molecular weight excluding hydrogens is 308 g/mol. The summed E-state index contributed by atoms with van der Waals surface area (Å²) in [5.41, 5.74) is 4.91. The first-order valence-corrected chi connectivity index (χ1v) is 8.21. The van der Waals surface area contributed by atoms with Crippen LogP contribution in [0.4, 0.5) is 4.79 Å². The van der Waals surface area contributed by atoms with Crippen LogP contribution in [0.1, 0.15) is 0 Å². The standard InChI is InChI=1S/C13H18N4O4S/c14-13(19)15-10-12(18)16-6-8-17(9-7-16)22(20,21)11-4-2-1-3-5-11/h1-5H,6-10H2,(H3,14,15,19). The van der Waals surface area contributed by atoms with Gasteiger partial charge in [-0.2, -0.15) is 4.31 Å². The number of carbonyl (C=O) groups is 2. The van der Waals surface area contributed by atoms with E-state index in [0.29, 0.717) is 0 Å². The predicted octanol–water partition coefficient (Wildman–Crippen LogP) is -0.812. The zero-order valence-electron chi connectivity index (χ0n) is 11.9. The minimum Gasteiger partial charge on any atom is -0.352 e. The molecule has 0 atom stereocenters. The topological polar surface area (TPSA) is 113 Å². The smallest absolute Gasteiger partial charge is 0.312 e. The largest absolute Gasteiger partial charge is 0.352 e. The van der Waals surface area contributed by atoms with Gasteiger partial charge in [-0.15, -0.1) is 0 Å². The SMILES string of the molecule is NC(=O)NCC(=O)N1CCN(S(=O)(=O)c2ccccc2)CC1. The Morgan fingerprint density at radius 2 is 1.68 bits per heavy atom. The predicted molar refractivity (Wildman–Crippen MR) is 79.4 cm³/mol. The van der Waals surface area contributed by atoms with E-state index in [1.165, 1.54) is 9.21 Å². The lowest BCUT2D eigenvalue weighted by atomic mass is 10.3. The number of nitrogens with one attached hydrogen (secondary N) is 1. The van der Waals surface area contributed by atoms with Crippen molar-refractivity contribution >= 4 is 22.0 Å². The van der Waals surface area contributed by atoms with Gasteiger partial charge in [0.1, 0.15) is 0 Å². The number of primary amides is 1. The highest BCUT2D eigenvalue weighted by Crippen LogP contribution is 2.17. The van der Waals surface area contributed by atoms with E-state index in [2.05, 4.69) is 5.32 Å². The number of rotatable bonds is 4. The Morgan fingerprint density at radius 1 is 1.09 bits per heavy atom. The lowest BCUT2D eigenvalue weighted by Crippen LogP contribution is -2.52. The Morgan fingerprint density at radius 3 is 2.23 bits per heavy atom. The van der Waals surface area contributed by atoms with Gasteiger partial charge in [0.25, 0.3) is 0 Å². The molecule has 9 heteroatoms. The highest BCUT2D eigenvalue weighted by molar-refractivity contribution is 7.89. The third-order valence-electron chi connectivity index (χ3n) is 3.39. The fourth-order valence-electron chi connectivity index (χ4n) is 2.19. The molecule has 0 aliphatic carbocycles. The molecule has 0 saturated carbocycles. The Kier molecular flexibility index (Phi) is 4.99. The van der Waals surface area contributed by atoms with Gasteiger partial charge >= 0.3 is 6.03 Å². The van der Waals surface area contributed by atoms with E-state index in [1.807, 2.05) is 0 Å². The monoisotopic (exact) mass is 326 g/mol. The van der Waals surface area contributed by atoms with Crippen molar-refractivity contribution in [1.29, 1.82) is 0 Å². The number of hydrogen-bond donors (Lipinski definition) is 2. The van der Waals surface area contributed by atoms with Crippen LogP contribution in [-0.2, 0) is 14.8 Å². The van der Waals surface area contributed by atoms with Crippen LogP contribution in [0.15, 0.2) is 35.2 Å². The number of nitrogens with two attached hydrogens (primary N) is 1. The van der Waals surface area contributed by atoms with Crippen molar-refractivity contribution < 1.29 is 18.0 Å². The van der Waals surface area contributed by atoms with Gasteiger partial charge in [-0.05, 0) is 12.1 Å². The molecule has 1 aromatic carbocycles. The molecule has 8 nitrogen and oxygen atoms in total. The van der Waals surface area contributed by atoms with E-state index in [4.69, 9.17) is 5.73 Å². The zero-order chi connectivity index (χ0) is 16.2. The number of benzene rings is 1. The van der Waals surface area contributed by atoms with Gasteiger partial charge < -0.3 is 16.0 Å². The summed E-state index contributed by atoms with van der Waals surface area (Å²) in [5.74, 6) is -0.282. The Labute approximate surface area is 128 Å². The number of hydrogen-bond acceptors (Lipinski definition) is 4. The molecular formula is C13H18N4O4S. The quantitative estimate of drug-likeness (QED) is 0.753. The van der Waals surface area contributed by atoms with Crippen LogP contribution >= 0.6 is 0 Å². The van der Waals surface area contributed by atoms with E-state index in [-0.39, 0.29) is 43.5 Å². The van der Waals surface area contributed by atoms with Crippen molar-refractivity contribution in [3.8, 4) is 0 Å². The van der Waals surface area contributed by atoms with Crippen molar-refractivity contribution in [3.05, 3.63) is 30.3 Å². The van der Waals surface area contributed by atoms with Gasteiger partial charge in [0.05, 0.1) is 11.4 Å². The van der Waals surface area contributed by atoms with Crippen LogP contribution in [0.2, 0.25) is 0 Å². The molecule has 3 N–H and O–H groups in total. The van der Waals surface area contributed by atoms with Crippen LogP contribution in [0, 0.1) is 0 Å². The van der Waals surface area contributed by atoms with Gasteiger partial charge in [0.2, 0.25) is 15.9 Å². The fraction of sp³-hybridized carbons (Fsp3) is 0.385. The molecule has 1 aliphatic rings. The van der Waals surface area contributed by atoms with Gasteiger partial charge in [0.15, 0.2) is 0 Å². The molecule has 1 saturated heterocycles. The first-order chi connectivity index (χ1) is 10.4. The Balaban J connectivity index is 1.95. The highest BCUT2D eigenvalue weighted by atomic mass is 32.2.